The van der Waals surface area contributed by atoms with Gasteiger partial charge < -0.3 is 15.0 Å². The molecule has 5 nitrogen and oxygen atoms in total. The van der Waals surface area contributed by atoms with Gasteiger partial charge in [0.05, 0.1) is 17.9 Å². The Balaban J connectivity index is 1.86. The van der Waals surface area contributed by atoms with Crippen LogP contribution >= 0.6 is 0 Å². The summed E-state index contributed by atoms with van der Waals surface area (Å²) in [6, 6.07) is 4.20. The number of ether oxygens (including phenoxy) is 1. The van der Waals surface area contributed by atoms with E-state index < -0.39 is 5.60 Å². The number of hydrogen-bond donors (Lipinski definition) is 1. The summed E-state index contributed by atoms with van der Waals surface area (Å²) in [4.78, 5) is 18.3. The van der Waals surface area contributed by atoms with Crippen molar-refractivity contribution in [1.29, 1.82) is 0 Å². The summed E-state index contributed by atoms with van der Waals surface area (Å²) in [6.45, 7) is 9.29. The van der Waals surface area contributed by atoms with E-state index in [4.69, 9.17) is 4.74 Å². The van der Waals surface area contributed by atoms with Crippen LogP contribution in [0.4, 0.5) is 10.5 Å². The van der Waals surface area contributed by atoms with Crippen molar-refractivity contribution in [3.63, 3.8) is 0 Å². The Bertz CT molecular complexity index is 465. The van der Waals surface area contributed by atoms with Gasteiger partial charge in [-0.3, -0.25) is 4.98 Å². The monoisotopic (exact) mass is 277 g/mol. The summed E-state index contributed by atoms with van der Waals surface area (Å²) in [5.74, 6) is 0. The van der Waals surface area contributed by atoms with E-state index in [0.29, 0.717) is 0 Å². The summed E-state index contributed by atoms with van der Waals surface area (Å²) in [5.41, 5.74) is 1.66. The van der Waals surface area contributed by atoms with Crippen molar-refractivity contribution < 1.29 is 9.53 Å². The van der Waals surface area contributed by atoms with Gasteiger partial charge in [-0.25, -0.2) is 4.79 Å². The first-order valence-corrected chi connectivity index (χ1v) is 7.00. The second kappa shape index (κ2) is 5.69. The second-order valence-corrected chi connectivity index (χ2v) is 6.24. The molecule has 1 amide bonds. The van der Waals surface area contributed by atoms with Gasteiger partial charge in [-0.2, -0.15) is 0 Å². The van der Waals surface area contributed by atoms with Gasteiger partial charge in [0.15, 0.2) is 0 Å². The molecule has 20 heavy (non-hydrogen) atoms. The standard InChI is InChI=1S/C15H23N3O2/c1-11-5-6-13(9-16-11)18-8-7-12(10-18)17-14(19)20-15(2,3)4/h5-6,9,12H,7-8,10H2,1-4H3,(H,17,19)/t12-/m0/s1. The van der Waals surface area contributed by atoms with Crippen LogP contribution in [0.5, 0.6) is 0 Å². The molecule has 0 radical (unpaired) electrons. The molecule has 1 aromatic rings. The molecule has 1 N–H and O–H groups in total. The van der Waals surface area contributed by atoms with Crippen molar-refractivity contribution in [2.24, 2.45) is 0 Å². The molecule has 1 saturated heterocycles. The Hall–Kier alpha value is -1.78. The molecule has 1 fully saturated rings. The zero-order valence-corrected chi connectivity index (χ0v) is 12.6. The van der Waals surface area contributed by atoms with Gasteiger partial charge in [0.25, 0.3) is 0 Å². The second-order valence-electron chi connectivity index (χ2n) is 6.24. The van der Waals surface area contributed by atoms with Gasteiger partial charge >= 0.3 is 6.09 Å². The van der Waals surface area contributed by atoms with Crippen LogP contribution < -0.4 is 10.2 Å². The number of aromatic nitrogens is 1. The van der Waals surface area contributed by atoms with E-state index in [1.165, 1.54) is 0 Å². The minimum absolute atomic E-state index is 0.131. The lowest BCUT2D eigenvalue weighted by atomic mass is 10.2. The number of amides is 1. The highest BCUT2D eigenvalue weighted by molar-refractivity contribution is 5.68. The summed E-state index contributed by atoms with van der Waals surface area (Å²) in [7, 11) is 0. The molecule has 2 heterocycles. The van der Waals surface area contributed by atoms with Gasteiger partial charge in [-0.1, -0.05) is 0 Å². The highest BCUT2D eigenvalue weighted by Gasteiger charge is 2.26. The maximum atomic E-state index is 11.7. The number of carbonyl (C=O) groups excluding carboxylic acids is 1. The fourth-order valence-corrected chi connectivity index (χ4v) is 2.23. The molecule has 1 atom stereocenters. The number of pyridine rings is 1. The zero-order chi connectivity index (χ0) is 14.8. The zero-order valence-electron chi connectivity index (χ0n) is 12.6. The number of nitrogens with zero attached hydrogens (tertiary/aromatic N) is 2. The molecule has 110 valence electrons. The molecule has 2 rings (SSSR count). The Kier molecular flexibility index (Phi) is 4.16. The maximum Gasteiger partial charge on any atom is 0.407 e. The normalized spacial score (nSPS) is 19.0. The molecule has 1 aliphatic rings. The fourth-order valence-electron chi connectivity index (χ4n) is 2.23. The van der Waals surface area contributed by atoms with E-state index in [1.807, 2.05) is 40.0 Å². The number of anilines is 1. The van der Waals surface area contributed by atoms with E-state index in [2.05, 4.69) is 21.3 Å². The molecule has 0 spiro atoms. The van der Waals surface area contributed by atoms with Gasteiger partial charge in [-0.05, 0) is 46.2 Å². The Morgan fingerprint density at radius 3 is 2.80 bits per heavy atom. The Morgan fingerprint density at radius 2 is 2.20 bits per heavy atom. The number of aryl methyl sites for hydroxylation is 1. The predicted octanol–water partition coefficient (Wildman–Crippen LogP) is 2.49. The average Bonchev–Trinajstić information content (AvgIpc) is 2.75. The number of carbonyl (C=O) groups is 1. The third-order valence-corrected chi connectivity index (χ3v) is 3.17. The highest BCUT2D eigenvalue weighted by atomic mass is 16.6. The van der Waals surface area contributed by atoms with Crippen molar-refractivity contribution in [2.75, 3.05) is 18.0 Å². The quantitative estimate of drug-likeness (QED) is 0.902. The fraction of sp³-hybridized carbons (Fsp3) is 0.600. The SMILES string of the molecule is Cc1ccc(N2CC[C@H](NC(=O)OC(C)(C)C)C2)cn1. The summed E-state index contributed by atoms with van der Waals surface area (Å²) in [6.07, 6.45) is 2.46. The highest BCUT2D eigenvalue weighted by Crippen LogP contribution is 2.19. The third kappa shape index (κ3) is 4.11. The van der Waals surface area contributed by atoms with Gasteiger partial charge in [0.2, 0.25) is 0 Å². The van der Waals surface area contributed by atoms with Crippen molar-refractivity contribution in [3.8, 4) is 0 Å². The maximum absolute atomic E-state index is 11.7. The molecule has 0 aromatic carbocycles. The molecular weight excluding hydrogens is 254 g/mol. The molecule has 0 saturated carbocycles. The third-order valence-electron chi connectivity index (χ3n) is 3.17. The lowest BCUT2D eigenvalue weighted by Crippen LogP contribution is -2.40. The van der Waals surface area contributed by atoms with Crippen LogP contribution in [-0.2, 0) is 4.74 Å². The van der Waals surface area contributed by atoms with Crippen molar-refractivity contribution in [1.82, 2.24) is 10.3 Å². The van der Waals surface area contributed by atoms with E-state index in [0.717, 1.165) is 30.9 Å². The predicted molar refractivity (Wildman–Crippen MR) is 79.0 cm³/mol. The Labute approximate surface area is 120 Å². The first kappa shape index (κ1) is 14.6. The van der Waals surface area contributed by atoms with Crippen LogP contribution in [0, 0.1) is 6.92 Å². The van der Waals surface area contributed by atoms with Gasteiger partial charge in [0, 0.05) is 18.8 Å². The van der Waals surface area contributed by atoms with E-state index >= 15 is 0 Å². The van der Waals surface area contributed by atoms with E-state index in [1.54, 1.807) is 0 Å². The molecule has 0 bridgehead atoms. The molecule has 0 unspecified atom stereocenters. The van der Waals surface area contributed by atoms with Crippen LogP contribution in [0.2, 0.25) is 0 Å². The van der Waals surface area contributed by atoms with Gasteiger partial charge in [-0.15, -0.1) is 0 Å². The molecular formula is C15H23N3O2. The topological polar surface area (TPSA) is 54.5 Å². The minimum Gasteiger partial charge on any atom is -0.444 e. The Morgan fingerprint density at radius 1 is 1.45 bits per heavy atom. The largest absolute Gasteiger partial charge is 0.444 e. The lowest BCUT2D eigenvalue weighted by molar-refractivity contribution is 0.0509. The van der Waals surface area contributed by atoms with Crippen molar-refractivity contribution >= 4 is 11.8 Å². The first-order chi connectivity index (χ1) is 9.33. The average molecular weight is 277 g/mol. The lowest BCUT2D eigenvalue weighted by Gasteiger charge is -2.22. The van der Waals surface area contributed by atoms with Gasteiger partial charge in [0.1, 0.15) is 5.60 Å². The van der Waals surface area contributed by atoms with Crippen molar-refractivity contribution in [2.45, 2.75) is 45.8 Å². The van der Waals surface area contributed by atoms with E-state index in [-0.39, 0.29) is 12.1 Å². The van der Waals surface area contributed by atoms with E-state index in [9.17, 15) is 4.79 Å². The summed E-state index contributed by atoms with van der Waals surface area (Å²) >= 11 is 0. The molecule has 0 aliphatic carbocycles. The van der Waals surface area contributed by atoms with Crippen LogP contribution in [0.25, 0.3) is 0 Å². The van der Waals surface area contributed by atoms with Crippen LogP contribution in [0.1, 0.15) is 32.9 Å². The molecule has 1 aromatic heterocycles. The first-order valence-electron chi connectivity index (χ1n) is 7.00. The number of nitrogens with one attached hydrogen (secondary N) is 1. The molecule has 1 aliphatic heterocycles. The number of hydrogen-bond acceptors (Lipinski definition) is 4. The van der Waals surface area contributed by atoms with Crippen LogP contribution in [0.15, 0.2) is 18.3 Å². The molecule has 5 heteroatoms. The number of rotatable bonds is 2. The summed E-state index contributed by atoms with van der Waals surface area (Å²) in [5, 5.41) is 2.92. The van der Waals surface area contributed by atoms with Crippen LogP contribution in [-0.4, -0.2) is 35.8 Å². The minimum atomic E-state index is -0.455. The smallest absolute Gasteiger partial charge is 0.407 e. The van der Waals surface area contributed by atoms with Crippen LogP contribution in [0.3, 0.4) is 0 Å². The number of alkyl carbamates (subject to hydrolysis) is 1. The summed E-state index contributed by atoms with van der Waals surface area (Å²) < 4.78 is 5.28. The van der Waals surface area contributed by atoms with Crippen molar-refractivity contribution in [3.05, 3.63) is 24.0 Å².